The molecule has 0 saturated heterocycles. The monoisotopic (exact) mass is 227 g/mol. The molecular formula is C13H13N3O. The molecule has 1 aromatic carbocycles. The molecule has 3 rings (SSSR count). The molecule has 2 heterocycles. The fourth-order valence-electron chi connectivity index (χ4n) is 2.25. The molecule has 0 atom stereocenters. The molecule has 4 heteroatoms. The molecule has 1 aliphatic heterocycles. The van der Waals surface area contributed by atoms with Crippen molar-refractivity contribution < 1.29 is 4.79 Å². The first-order valence-corrected chi connectivity index (χ1v) is 5.73. The first kappa shape index (κ1) is 10.1. The lowest BCUT2D eigenvalue weighted by Crippen LogP contribution is -2.32. The number of nitrogens with zero attached hydrogens (tertiary/aromatic N) is 2. The van der Waals surface area contributed by atoms with E-state index in [0.717, 1.165) is 22.5 Å². The molecule has 0 spiro atoms. The van der Waals surface area contributed by atoms with Gasteiger partial charge in [0, 0.05) is 17.5 Å². The molecule has 2 aromatic rings. The second kappa shape index (κ2) is 3.73. The van der Waals surface area contributed by atoms with Gasteiger partial charge in [0.25, 0.3) is 0 Å². The fraction of sp³-hybridized carbons (Fsp3) is 0.231. The van der Waals surface area contributed by atoms with Crippen molar-refractivity contribution in [2.75, 3.05) is 4.90 Å². The van der Waals surface area contributed by atoms with Crippen LogP contribution in [-0.2, 0) is 11.3 Å². The lowest BCUT2D eigenvalue weighted by atomic mass is 10.00. The summed E-state index contributed by atoms with van der Waals surface area (Å²) in [5.41, 5.74) is 4.12. The number of rotatable bonds is 1. The van der Waals surface area contributed by atoms with Gasteiger partial charge in [0.05, 0.1) is 24.1 Å². The summed E-state index contributed by atoms with van der Waals surface area (Å²) in [6.45, 7) is 2.49. The average Bonchev–Trinajstić information content (AvgIpc) is 2.85. The number of anilines is 1. The summed E-state index contributed by atoms with van der Waals surface area (Å²) in [5.74, 6) is 0.143. The van der Waals surface area contributed by atoms with Crippen molar-refractivity contribution in [1.29, 1.82) is 0 Å². The van der Waals surface area contributed by atoms with E-state index in [2.05, 4.69) is 10.2 Å². The summed E-state index contributed by atoms with van der Waals surface area (Å²) in [5, 5.41) is 7.06. The molecule has 17 heavy (non-hydrogen) atoms. The average molecular weight is 227 g/mol. The Morgan fingerprint density at radius 3 is 3.12 bits per heavy atom. The van der Waals surface area contributed by atoms with Gasteiger partial charge in [-0.25, -0.2) is 0 Å². The summed E-state index contributed by atoms with van der Waals surface area (Å²) in [7, 11) is 0. The Hall–Kier alpha value is -2.10. The zero-order valence-corrected chi connectivity index (χ0v) is 9.60. The van der Waals surface area contributed by atoms with Crippen LogP contribution in [0.3, 0.4) is 0 Å². The van der Waals surface area contributed by atoms with Gasteiger partial charge in [0.2, 0.25) is 5.91 Å². The Bertz CT molecular complexity index is 574. The van der Waals surface area contributed by atoms with Crippen molar-refractivity contribution in [3.63, 3.8) is 0 Å². The van der Waals surface area contributed by atoms with Crippen LogP contribution >= 0.6 is 0 Å². The highest BCUT2D eigenvalue weighted by molar-refractivity contribution is 5.99. The second-order valence-electron chi connectivity index (χ2n) is 4.12. The van der Waals surface area contributed by atoms with Gasteiger partial charge >= 0.3 is 0 Å². The molecule has 4 nitrogen and oxygen atoms in total. The highest BCUT2D eigenvalue weighted by atomic mass is 16.2. The first-order chi connectivity index (χ1) is 8.31. The molecule has 1 aliphatic rings. The third-order valence-electron chi connectivity index (χ3n) is 3.11. The van der Waals surface area contributed by atoms with Gasteiger partial charge in [-0.05, 0) is 6.07 Å². The quantitative estimate of drug-likeness (QED) is 0.812. The molecule has 1 amide bonds. The Balaban J connectivity index is 2.18. The third-order valence-corrected chi connectivity index (χ3v) is 3.11. The van der Waals surface area contributed by atoms with Crippen molar-refractivity contribution in [2.45, 2.75) is 19.9 Å². The van der Waals surface area contributed by atoms with Gasteiger partial charge in [-0.15, -0.1) is 0 Å². The van der Waals surface area contributed by atoms with Crippen LogP contribution in [0, 0.1) is 0 Å². The van der Waals surface area contributed by atoms with Gasteiger partial charge in [-0.1, -0.05) is 25.1 Å². The molecule has 0 saturated carbocycles. The number of benzene rings is 1. The van der Waals surface area contributed by atoms with E-state index in [1.54, 1.807) is 6.20 Å². The summed E-state index contributed by atoms with van der Waals surface area (Å²) in [6, 6.07) is 7.92. The number of fused-ring (bicyclic) bond motifs is 3. The predicted octanol–water partition coefficient (Wildman–Crippen LogP) is 2.33. The number of para-hydroxylation sites is 1. The summed E-state index contributed by atoms with van der Waals surface area (Å²) in [4.78, 5) is 13.8. The summed E-state index contributed by atoms with van der Waals surface area (Å²) < 4.78 is 0. The van der Waals surface area contributed by atoms with Gasteiger partial charge < -0.3 is 4.90 Å². The highest BCUT2D eigenvalue weighted by Gasteiger charge is 2.26. The second-order valence-corrected chi connectivity index (χ2v) is 4.12. The van der Waals surface area contributed by atoms with E-state index in [-0.39, 0.29) is 5.91 Å². The minimum Gasteiger partial charge on any atom is -0.307 e. The Kier molecular flexibility index (Phi) is 2.21. The van der Waals surface area contributed by atoms with E-state index >= 15 is 0 Å². The number of carbonyl (C=O) groups is 1. The molecule has 0 fully saturated rings. The number of carbonyl (C=O) groups excluding carboxylic acids is 1. The predicted molar refractivity (Wildman–Crippen MR) is 65.5 cm³/mol. The lowest BCUT2D eigenvalue weighted by Gasteiger charge is -2.28. The van der Waals surface area contributed by atoms with Crippen LogP contribution in [-0.4, -0.2) is 16.1 Å². The number of amides is 1. The number of H-pyrrole nitrogens is 1. The van der Waals surface area contributed by atoms with E-state index in [1.807, 2.05) is 36.1 Å². The van der Waals surface area contributed by atoms with Crippen LogP contribution in [0.2, 0.25) is 0 Å². The molecule has 1 N–H and O–H groups in total. The molecule has 0 radical (unpaired) electrons. The van der Waals surface area contributed by atoms with Crippen molar-refractivity contribution in [2.24, 2.45) is 0 Å². The van der Waals surface area contributed by atoms with E-state index in [0.29, 0.717) is 13.0 Å². The zero-order valence-electron chi connectivity index (χ0n) is 9.60. The van der Waals surface area contributed by atoms with E-state index < -0.39 is 0 Å². The normalized spacial score (nSPS) is 13.1. The largest absolute Gasteiger partial charge is 0.307 e. The minimum atomic E-state index is 0.143. The number of aromatic amines is 1. The molecule has 0 aliphatic carbocycles. The molecule has 0 unspecified atom stereocenters. The molecule has 1 aromatic heterocycles. The van der Waals surface area contributed by atoms with E-state index in [4.69, 9.17) is 0 Å². The van der Waals surface area contributed by atoms with Crippen LogP contribution in [0.1, 0.15) is 18.9 Å². The van der Waals surface area contributed by atoms with Gasteiger partial charge in [-0.3, -0.25) is 9.89 Å². The Morgan fingerprint density at radius 1 is 1.47 bits per heavy atom. The van der Waals surface area contributed by atoms with Crippen molar-refractivity contribution >= 4 is 11.6 Å². The summed E-state index contributed by atoms with van der Waals surface area (Å²) in [6.07, 6.45) is 2.31. The van der Waals surface area contributed by atoms with Gasteiger partial charge in [-0.2, -0.15) is 5.10 Å². The van der Waals surface area contributed by atoms with Crippen molar-refractivity contribution in [3.8, 4) is 11.3 Å². The molecule has 86 valence electrons. The Labute approximate surface area is 99.3 Å². The number of aromatic nitrogens is 2. The van der Waals surface area contributed by atoms with E-state index in [9.17, 15) is 4.79 Å². The highest BCUT2D eigenvalue weighted by Crippen LogP contribution is 2.37. The zero-order chi connectivity index (χ0) is 11.8. The van der Waals surface area contributed by atoms with Crippen LogP contribution in [0.15, 0.2) is 30.5 Å². The SMILES string of the molecule is CCC(=O)N1Cc2cn[nH]c2-c2ccccc21. The van der Waals surface area contributed by atoms with Crippen LogP contribution in [0.5, 0.6) is 0 Å². The first-order valence-electron chi connectivity index (χ1n) is 5.73. The summed E-state index contributed by atoms with van der Waals surface area (Å²) >= 11 is 0. The Morgan fingerprint density at radius 2 is 2.29 bits per heavy atom. The lowest BCUT2D eigenvalue weighted by molar-refractivity contribution is -0.118. The van der Waals surface area contributed by atoms with Gasteiger partial charge in [0.15, 0.2) is 0 Å². The van der Waals surface area contributed by atoms with Crippen molar-refractivity contribution in [1.82, 2.24) is 10.2 Å². The maximum atomic E-state index is 12.0. The fourth-order valence-corrected chi connectivity index (χ4v) is 2.25. The number of hydrogen-bond acceptors (Lipinski definition) is 2. The number of hydrogen-bond donors (Lipinski definition) is 1. The third kappa shape index (κ3) is 1.45. The van der Waals surface area contributed by atoms with Crippen LogP contribution in [0.25, 0.3) is 11.3 Å². The van der Waals surface area contributed by atoms with Gasteiger partial charge in [0.1, 0.15) is 0 Å². The number of nitrogens with one attached hydrogen (secondary N) is 1. The van der Waals surface area contributed by atoms with E-state index in [1.165, 1.54) is 0 Å². The smallest absolute Gasteiger partial charge is 0.227 e. The molecule has 0 bridgehead atoms. The van der Waals surface area contributed by atoms with Crippen molar-refractivity contribution in [3.05, 3.63) is 36.0 Å². The maximum absolute atomic E-state index is 12.0. The van der Waals surface area contributed by atoms with Crippen LogP contribution in [0.4, 0.5) is 5.69 Å². The van der Waals surface area contributed by atoms with Crippen LogP contribution < -0.4 is 4.90 Å². The standard InChI is InChI=1S/C13H13N3O/c1-2-12(17)16-8-9-7-14-15-13(9)10-5-3-4-6-11(10)16/h3-7H,2,8H2,1H3,(H,14,15). The maximum Gasteiger partial charge on any atom is 0.227 e. The minimum absolute atomic E-state index is 0.143. The topological polar surface area (TPSA) is 49.0 Å². The molecular weight excluding hydrogens is 214 g/mol.